The van der Waals surface area contributed by atoms with Gasteiger partial charge in [0, 0.05) is 18.0 Å². The van der Waals surface area contributed by atoms with Crippen molar-refractivity contribution < 1.29 is 18.7 Å². The summed E-state index contributed by atoms with van der Waals surface area (Å²) >= 11 is 3.17. The van der Waals surface area contributed by atoms with E-state index in [1.165, 1.54) is 13.2 Å². The smallest absolute Gasteiger partial charge is 0.245 e. The number of piperazine rings is 1. The summed E-state index contributed by atoms with van der Waals surface area (Å²) in [5.74, 6) is -1.08. The fourth-order valence-corrected chi connectivity index (χ4v) is 2.34. The van der Waals surface area contributed by atoms with Gasteiger partial charge in [0.25, 0.3) is 0 Å². The summed E-state index contributed by atoms with van der Waals surface area (Å²) in [5.41, 5.74) is 0.374. The monoisotopic (exact) mass is 344 g/mol. The first-order chi connectivity index (χ1) is 9.51. The van der Waals surface area contributed by atoms with Crippen molar-refractivity contribution >= 4 is 27.7 Å². The maximum absolute atomic E-state index is 13.7. The largest absolute Gasteiger partial charge is 0.382 e. The van der Waals surface area contributed by atoms with Crippen LogP contribution in [-0.2, 0) is 20.7 Å². The van der Waals surface area contributed by atoms with Gasteiger partial charge in [0.15, 0.2) is 0 Å². The van der Waals surface area contributed by atoms with Gasteiger partial charge in [-0.3, -0.25) is 9.59 Å². The molecule has 2 amide bonds. The molecule has 1 aromatic carbocycles. The van der Waals surface area contributed by atoms with Gasteiger partial charge in [-0.1, -0.05) is 22.0 Å². The highest BCUT2D eigenvalue weighted by Crippen LogP contribution is 2.17. The Morgan fingerprint density at radius 1 is 1.25 bits per heavy atom. The summed E-state index contributed by atoms with van der Waals surface area (Å²) in [7, 11) is 1.45. The third-order valence-electron chi connectivity index (χ3n) is 3.04. The zero-order valence-corrected chi connectivity index (χ0v) is 12.4. The number of methoxy groups -OCH3 is 1. The topological polar surface area (TPSA) is 67.4 Å². The lowest BCUT2D eigenvalue weighted by molar-refractivity contribution is -0.138. The molecule has 1 aliphatic rings. The average molecular weight is 345 g/mol. The van der Waals surface area contributed by atoms with E-state index in [1.807, 2.05) is 0 Å². The maximum Gasteiger partial charge on any atom is 0.245 e. The summed E-state index contributed by atoms with van der Waals surface area (Å²) in [4.78, 5) is 23.7. The molecule has 20 heavy (non-hydrogen) atoms. The Bertz CT molecular complexity index is 538. The Morgan fingerprint density at radius 2 is 1.90 bits per heavy atom. The van der Waals surface area contributed by atoms with Crippen molar-refractivity contribution in [1.82, 2.24) is 10.6 Å². The molecule has 0 aromatic heterocycles. The number of benzene rings is 1. The zero-order chi connectivity index (χ0) is 14.7. The van der Waals surface area contributed by atoms with Gasteiger partial charge < -0.3 is 15.4 Å². The van der Waals surface area contributed by atoms with Gasteiger partial charge in [-0.25, -0.2) is 4.39 Å². The van der Waals surface area contributed by atoms with E-state index in [9.17, 15) is 14.0 Å². The lowest BCUT2D eigenvalue weighted by atomic mass is 10.0. The van der Waals surface area contributed by atoms with Gasteiger partial charge in [-0.2, -0.15) is 0 Å². The van der Waals surface area contributed by atoms with Gasteiger partial charge >= 0.3 is 0 Å². The van der Waals surface area contributed by atoms with Crippen LogP contribution in [0.25, 0.3) is 0 Å². The highest BCUT2D eigenvalue weighted by molar-refractivity contribution is 9.10. The number of amides is 2. The summed E-state index contributed by atoms with van der Waals surface area (Å²) in [6, 6.07) is 3.13. The Hall–Kier alpha value is -1.47. The lowest BCUT2D eigenvalue weighted by Crippen LogP contribution is -2.63. The Balaban J connectivity index is 2.07. The molecule has 7 heteroatoms. The number of ether oxygens (including phenoxy) is 1. The van der Waals surface area contributed by atoms with Crippen LogP contribution >= 0.6 is 15.9 Å². The fraction of sp³-hybridized carbons (Fsp3) is 0.385. The molecular weight excluding hydrogens is 331 g/mol. The van der Waals surface area contributed by atoms with Crippen molar-refractivity contribution in [3.05, 3.63) is 34.1 Å². The molecule has 5 nitrogen and oxygen atoms in total. The molecule has 0 spiro atoms. The normalized spacial score (nSPS) is 22.4. The van der Waals surface area contributed by atoms with Gasteiger partial charge in [0.1, 0.15) is 17.9 Å². The highest BCUT2D eigenvalue weighted by Gasteiger charge is 2.33. The van der Waals surface area contributed by atoms with Crippen LogP contribution in [0.4, 0.5) is 4.39 Å². The minimum absolute atomic E-state index is 0.108. The number of hydrogen-bond acceptors (Lipinski definition) is 3. The van der Waals surface area contributed by atoms with Crippen molar-refractivity contribution in [3.63, 3.8) is 0 Å². The highest BCUT2D eigenvalue weighted by atomic mass is 79.9. The molecule has 2 atom stereocenters. The molecule has 2 rings (SSSR count). The first-order valence-electron chi connectivity index (χ1n) is 6.05. The van der Waals surface area contributed by atoms with Crippen LogP contribution in [0.15, 0.2) is 22.7 Å². The van der Waals surface area contributed by atoms with E-state index < -0.39 is 17.9 Å². The second-order valence-corrected chi connectivity index (χ2v) is 5.43. The molecule has 1 saturated heterocycles. The van der Waals surface area contributed by atoms with Gasteiger partial charge in [-0.15, -0.1) is 0 Å². The second-order valence-electron chi connectivity index (χ2n) is 4.52. The van der Waals surface area contributed by atoms with Gasteiger partial charge in [0.05, 0.1) is 6.61 Å². The minimum atomic E-state index is -0.772. The van der Waals surface area contributed by atoms with Crippen molar-refractivity contribution in [2.24, 2.45) is 0 Å². The number of halogens is 2. The number of hydrogen-bond donors (Lipinski definition) is 2. The number of nitrogens with one attached hydrogen (secondary N) is 2. The fourth-order valence-electron chi connectivity index (χ4n) is 2.01. The van der Waals surface area contributed by atoms with Crippen LogP contribution in [0.5, 0.6) is 0 Å². The van der Waals surface area contributed by atoms with Crippen LogP contribution in [0, 0.1) is 5.82 Å². The molecule has 0 aliphatic carbocycles. The SMILES string of the molecule is COCC1NC(=O)[C@@H](Cc2ccc(Br)cc2F)NC1=O. The number of rotatable bonds is 4. The molecular formula is C13H14BrFN2O3. The van der Waals surface area contributed by atoms with E-state index in [0.717, 1.165) is 0 Å². The first-order valence-corrected chi connectivity index (χ1v) is 6.84. The van der Waals surface area contributed by atoms with E-state index in [-0.39, 0.29) is 24.8 Å². The Labute approximate surface area is 124 Å². The third kappa shape index (κ3) is 3.34. The maximum atomic E-state index is 13.7. The van der Waals surface area contributed by atoms with Crippen LogP contribution in [0.1, 0.15) is 5.56 Å². The van der Waals surface area contributed by atoms with Crippen LogP contribution in [0.2, 0.25) is 0 Å². The van der Waals surface area contributed by atoms with E-state index >= 15 is 0 Å². The van der Waals surface area contributed by atoms with E-state index in [1.54, 1.807) is 12.1 Å². The molecule has 1 aromatic rings. The van der Waals surface area contributed by atoms with E-state index in [0.29, 0.717) is 10.0 Å². The van der Waals surface area contributed by atoms with Crippen molar-refractivity contribution in [1.29, 1.82) is 0 Å². The molecule has 0 radical (unpaired) electrons. The van der Waals surface area contributed by atoms with Crippen LogP contribution in [0.3, 0.4) is 0 Å². The molecule has 0 bridgehead atoms. The summed E-state index contributed by atoms with van der Waals surface area (Å²) in [5, 5.41) is 5.14. The average Bonchev–Trinajstić information content (AvgIpc) is 2.38. The van der Waals surface area contributed by atoms with Crippen LogP contribution < -0.4 is 10.6 Å². The first kappa shape index (κ1) is 14.9. The zero-order valence-electron chi connectivity index (χ0n) is 10.8. The predicted molar refractivity (Wildman–Crippen MR) is 73.5 cm³/mol. The summed E-state index contributed by atoms with van der Waals surface area (Å²) < 4.78 is 19.2. The predicted octanol–water partition coefficient (Wildman–Crippen LogP) is 0.760. The number of carbonyl (C=O) groups excluding carboxylic acids is 2. The molecule has 0 saturated carbocycles. The Morgan fingerprint density at radius 3 is 2.55 bits per heavy atom. The van der Waals surface area contributed by atoms with E-state index in [4.69, 9.17) is 4.74 Å². The third-order valence-corrected chi connectivity index (χ3v) is 3.53. The quantitative estimate of drug-likeness (QED) is 0.847. The number of carbonyl (C=O) groups is 2. The molecule has 1 heterocycles. The van der Waals surface area contributed by atoms with Crippen molar-refractivity contribution in [3.8, 4) is 0 Å². The molecule has 1 unspecified atom stereocenters. The molecule has 1 aliphatic heterocycles. The van der Waals surface area contributed by atoms with Crippen LogP contribution in [-0.4, -0.2) is 37.6 Å². The lowest BCUT2D eigenvalue weighted by Gasteiger charge is -2.29. The van der Waals surface area contributed by atoms with Crippen molar-refractivity contribution in [2.75, 3.05) is 13.7 Å². The molecule has 2 N–H and O–H groups in total. The van der Waals surface area contributed by atoms with Gasteiger partial charge in [-0.05, 0) is 17.7 Å². The summed E-state index contributed by atoms with van der Waals surface area (Å²) in [6.45, 7) is 0.108. The van der Waals surface area contributed by atoms with Crippen molar-refractivity contribution in [2.45, 2.75) is 18.5 Å². The minimum Gasteiger partial charge on any atom is -0.382 e. The Kier molecular flexibility index (Phi) is 4.72. The van der Waals surface area contributed by atoms with Gasteiger partial charge in [0.2, 0.25) is 11.8 Å². The molecule has 108 valence electrons. The van der Waals surface area contributed by atoms with E-state index in [2.05, 4.69) is 26.6 Å². The summed E-state index contributed by atoms with van der Waals surface area (Å²) in [6.07, 6.45) is 0.108. The standard InChI is InChI=1S/C13H14BrFN2O3/c1-20-6-11-13(19)16-10(12(18)17-11)4-7-2-3-8(14)5-9(7)15/h2-3,5,10-11H,4,6H2,1H3,(H,16,19)(H,17,18)/t10-,11?/m1/s1. The molecule has 1 fully saturated rings. The second kappa shape index (κ2) is 6.32.